The largest absolute Gasteiger partial charge is 0.337 e. The lowest BCUT2D eigenvalue weighted by Gasteiger charge is -2.26. The van der Waals surface area contributed by atoms with Crippen molar-refractivity contribution in [1.29, 1.82) is 0 Å². The maximum atomic E-state index is 4.09. The summed E-state index contributed by atoms with van der Waals surface area (Å²) in [6, 6.07) is 8.70. The van der Waals surface area contributed by atoms with Crippen LogP contribution in [0.15, 0.2) is 43.0 Å². The van der Waals surface area contributed by atoms with E-state index in [1.165, 1.54) is 11.1 Å². The van der Waals surface area contributed by atoms with Crippen LogP contribution in [0.5, 0.6) is 0 Å². The van der Waals surface area contributed by atoms with Crippen LogP contribution in [0.25, 0.3) is 0 Å². The molecule has 2 aromatic rings. The summed E-state index contributed by atoms with van der Waals surface area (Å²) in [6.45, 7) is 3.05. The van der Waals surface area contributed by atoms with Gasteiger partial charge >= 0.3 is 0 Å². The fraction of sp³-hybridized carbons (Fsp3) is 0.308. The van der Waals surface area contributed by atoms with Gasteiger partial charge in [0.25, 0.3) is 0 Å². The van der Waals surface area contributed by atoms with E-state index in [0.29, 0.717) is 5.92 Å². The van der Waals surface area contributed by atoms with Gasteiger partial charge in [0.15, 0.2) is 0 Å². The summed E-state index contributed by atoms with van der Waals surface area (Å²) in [4.78, 5) is 4.09. The lowest BCUT2D eigenvalue weighted by Crippen LogP contribution is -2.30. The average molecular weight is 213 g/mol. The molecule has 0 spiro atoms. The zero-order chi connectivity index (χ0) is 10.8. The minimum atomic E-state index is 0.555. The van der Waals surface area contributed by atoms with Crippen molar-refractivity contribution < 1.29 is 0 Å². The van der Waals surface area contributed by atoms with E-state index >= 15 is 0 Å². The molecule has 0 saturated carbocycles. The van der Waals surface area contributed by atoms with Crippen molar-refractivity contribution in [3.63, 3.8) is 0 Å². The smallest absolute Gasteiger partial charge is 0.0946 e. The van der Waals surface area contributed by atoms with Crippen LogP contribution in [-0.2, 0) is 13.1 Å². The molecule has 0 amide bonds. The second-order valence-corrected chi connectivity index (χ2v) is 4.29. The van der Waals surface area contributed by atoms with Crippen molar-refractivity contribution in [2.45, 2.75) is 19.0 Å². The van der Waals surface area contributed by atoms with Gasteiger partial charge in [0.1, 0.15) is 0 Å². The standard InChI is InChI=1S/C13H15N3/c1-2-4-13-11(3-1)7-15-8-12(13)9-16-6-5-14-10-16/h1-6,10,12,15H,7-9H2. The lowest BCUT2D eigenvalue weighted by atomic mass is 9.91. The summed E-state index contributed by atoms with van der Waals surface area (Å²) in [5, 5.41) is 3.47. The summed E-state index contributed by atoms with van der Waals surface area (Å²) in [5.74, 6) is 0.555. The van der Waals surface area contributed by atoms with Crippen LogP contribution in [0.3, 0.4) is 0 Å². The predicted molar refractivity (Wildman–Crippen MR) is 63.1 cm³/mol. The van der Waals surface area contributed by atoms with Crippen molar-refractivity contribution in [2.24, 2.45) is 0 Å². The van der Waals surface area contributed by atoms with Gasteiger partial charge in [0, 0.05) is 37.9 Å². The van der Waals surface area contributed by atoms with E-state index in [1.807, 2.05) is 18.7 Å². The molecule has 2 heterocycles. The molecule has 1 aliphatic rings. The molecule has 3 nitrogen and oxygen atoms in total. The van der Waals surface area contributed by atoms with Crippen molar-refractivity contribution in [3.05, 3.63) is 54.1 Å². The molecule has 0 fully saturated rings. The molecule has 3 heteroatoms. The summed E-state index contributed by atoms with van der Waals surface area (Å²) >= 11 is 0. The molecule has 1 aliphatic heterocycles. The van der Waals surface area contributed by atoms with E-state index in [1.54, 1.807) is 0 Å². The topological polar surface area (TPSA) is 29.9 Å². The average Bonchev–Trinajstić information content (AvgIpc) is 2.82. The van der Waals surface area contributed by atoms with Crippen LogP contribution in [0.4, 0.5) is 0 Å². The third kappa shape index (κ3) is 1.74. The van der Waals surface area contributed by atoms with Crippen LogP contribution in [-0.4, -0.2) is 16.1 Å². The maximum Gasteiger partial charge on any atom is 0.0946 e. The van der Waals surface area contributed by atoms with Crippen molar-refractivity contribution in [2.75, 3.05) is 6.54 Å². The van der Waals surface area contributed by atoms with E-state index in [4.69, 9.17) is 0 Å². The summed E-state index contributed by atoms with van der Waals surface area (Å²) < 4.78 is 2.15. The van der Waals surface area contributed by atoms with Crippen molar-refractivity contribution >= 4 is 0 Å². The molecule has 1 N–H and O–H groups in total. The summed E-state index contributed by atoms with van der Waals surface area (Å²) in [7, 11) is 0. The Morgan fingerprint density at radius 1 is 1.38 bits per heavy atom. The Morgan fingerprint density at radius 3 is 3.19 bits per heavy atom. The van der Waals surface area contributed by atoms with Crippen molar-refractivity contribution in [3.8, 4) is 0 Å². The Kier molecular flexibility index (Phi) is 2.46. The number of nitrogens with one attached hydrogen (secondary N) is 1. The second-order valence-electron chi connectivity index (χ2n) is 4.29. The zero-order valence-corrected chi connectivity index (χ0v) is 9.13. The van der Waals surface area contributed by atoms with E-state index in [0.717, 1.165) is 19.6 Å². The highest BCUT2D eigenvalue weighted by Crippen LogP contribution is 2.24. The minimum Gasteiger partial charge on any atom is -0.337 e. The van der Waals surface area contributed by atoms with Gasteiger partial charge in [0.05, 0.1) is 6.33 Å². The van der Waals surface area contributed by atoms with Crippen LogP contribution in [0, 0.1) is 0 Å². The first-order valence-corrected chi connectivity index (χ1v) is 5.68. The molecule has 1 atom stereocenters. The Bertz CT molecular complexity index is 462. The van der Waals surface area contributed by atoms with E-state index in [-0.39, 0.29) is 0 Å². The van der Waals surface area contributed by atoms with Gasteiger partial charge in [0.2, 0.25) is 0 Å². The van der Waals surface area contributed by atoms with Gasteiger partial charge < -0.3 is 9.88 Å². The molecule has 16 heavy (non-hydrogen) atoms. The molecular weight excluding hydrogens is 198 g/mol. The van der Waals surface area contributed by atoms with E-state index < -0.39 is 0 Å². The van der Waals surface area contributed by atoms with Crippen LogP contribution in [0.1, 0.15) is 17.0 Å². The molecule has 1 aromatic heterocycles. The van der Waals surface area contributed by atoms with Gasteiger partial charge in [-0.25, -0.2) is 4.98 Å². The van der Waals surface area contributed by atoms with Gasteiger partial charge in [-0.05, 0) is 11.1 Å². The normalized spacial score (nSPS) is 19.4. The fourth-order valence-electron chi connectivity index (χ4n) is 2.40. The number of hydrogen-bond donors (Lipinski definition) is 1. The quantitative estimate of drug-likeness (QED) is 0.824. The number of benzene rings is 1. The lowest BCUT2D eigenvalue weighted by molar-refractivity contribution is 0.481. The van der Waals surface area contributed by atoms with Crippen molar-refractivity contribution in [1.82, 2.24) is 14.9 Å². The van der Waals surface area contributed by atoms with E-state index in [2.05, 4.69) is 39.1 Å². The number of rotatable bonds is 2. The van der Waals surface area contributed by atoms with Gasteiger partial charge in [-0.15, -0.1) is 0 Å². The highest BCUT2D eigenvalue weighted by atomic mass is 15.0. The molecule has 1 unspecified atom stereocenters. The second kappa shape index (κ2) is 4.10. The monoisotopic (exact) mass is 213 g/mol. The molecule has 0 radical (unpaired) electrons. The van der Waals surface area contributed by atoms with Crippen LogP contribution in [0.2, 0.25) is 0 Å². The number of fused-ring (bicyclic) bond motifs is 1. The summed E-state index contributed by atoms with van der Waals surface area (Å²) in [5.41, 5.74) is 2.91. The number of imidazole rings is 1. The highest BCUT2D eigenvalue weighted by molar-refractivity contribution is 5.32. The van der Waals surface area contributed by atoms with Gasteiger partial charge in [-0.1, -0.05) is 24.3 Å². The number of aromatic nitrogens is 2. The molecule has 1 aromatic carbocycles. The maximum absolute atomic E-state index is 4.09. The number of nitrogens with zero attached hydrogens (tertiary/aromatic N) is 2. The Morgan fingerprint density at radius 2 is 2.31 bits per heavy atom. The first-order chi connectivity index (χ1) is 7.93. The Labute approximate surface area is 95.1 Å². The van der Waals surface area contributed by atoms with Crippen LogP contribution >= 0.6 is 0 Å². The molecular formula is C13H15N3. The fourth-order valence-corrected chi connectivity index (χ4v) is 2.40. The molecule has 82 valence electrons. The Hall–Kier alpha value is -1.61. The Balaban J connectivity index is 1.87. The summed E-state index contributed by atoms with van der Waals surface area (Å²) in [6.07, 6.45) is 5.75. The minimum absolute atomic E-state index is 0.555. The molecule has 0 aliphatic carbocycles. The molecule has 3 rings (SSSR count). The molecule has 0 bridgehead atoms. The molecule has 0 saturated heterocycles. The van der Waals surface area contributed by atoms with Gasteiger partial charge in [-0.2, -0.15) is 0 Å². The van der Waals surface area contributed by atoms with E-state index in [9.17, 15) is 0 Å². The zero-order valence-electron chi connectivity index (χ0n) is 9.13. The first kappa shape index (κ1) is 9.60. The van der Waals surface area contributed by atoms with Crippen LogP contribution < -0.4 is 5.32 Å². The first-order valence-electron chi connectivity index (χ1n) is 5.68. The third-order valence-corrected chi connectivity index (χ3v) is 3.19. The number of hydrogen-bond acceptors (Lipinski definition) is 2. The highest BCUT2D eigenvalue weighted by Gasteiger charge is 2.19. The van der Waals surface area contributed by atoms with Gasteiger partial charge in [-0.3, -0.25) is 0 Å². The predicted octanol–water partition coefficient (Wildman–Crippen LogP) is 1.77. The SMILES string of the molecule is c1ccc2c(c1)CNCC2Cn1ccnc1. The third-order valence-electron chi connectivity index (χ3n) is 3.19.